The van der Waals surface area contributed by atoms with Crippen molar-refractivity contribution in [1.29, 1.82) is 0 Å². The van der Waals surface area contributed by atoms with Gasteiger partial charge in [0.2, 0.25) is 0 Å². The summed E-state index contributed by atoms with van der Waals surface area (Å²) in [4.78, 5) is 35.6. The van der Waals surface area contributed by atoms with E-state index in [-0.39, 0.29) is 17.9 Å². The second-order valence-corrected chi connectivity index (χ2v) is 8.16. The Bertz CT molecular complexity index is 1700. The van der Waals surface area contributed by atoms with Gasteiger partial charge >= 0.3 is 5.76 Å². The van der Waals surface area contributed by atoms with Gasteiger partial charge in [-0.15, -0.1) is 0 Å². The number of aromatic nitrogens is 5. The van der Waals surface area contributed by atoms with Crippen LogP contribution in [0.15, 0.2) is 62.6 Å². The number of hydrogen-bond acceptors (Lipinski definition) is 6. The van der Waals surface area contributed by atoms with Crippen LogP contribution in [0, 0.1) is 24.4 Å². The molecule has 0 bridgehead atoms. The number of rotatable bonds is 6. The maximum absolute atomic E-state index is 14.7. The van der Waals surface area contributed by atoms with Gasteiger partial charge in [0.25, 0.3) is 5.56 Å². The molecule has 0 spiro atoms. The molecule has 0 unspecified atom stereocenters. The van der Waals surface area contributed by atoms with E-state index in [1.165, 1.54) is 30.3 Å². The second kappa shape index (κ2) is 9.25. The zero-order chi connectivity index (χ0) is 25.4. The van der Waals surface area contributed by atoms with E-state index in [1.54, 1.807) is 13.0 Å². The van der Waals surface area contributed by atoms with E-state index in [0.29, 0.717) is 40.9 Å². The number of nitrogens with one attached hydrogen (secondary N) is 1. The molecule has 11 heteroatoms. The summed E-state index contributed by atoms with van der Waals surface area (Å²) in [6.07, 6.45) is 1.07. The lowest BCUT2D eigenvalue weighted by atomic mass is 10.0. The molecule has 36 heavy (non-hydrogen) atoms. The fourth-order valence-electron chi connectivity index (χ4n) is 4.07. The second-order valence-electron chi connectivity index (χ2n) is 8.16. The van der Waals surface area contributed by atoms with Gasteiger partial charge in [-0.05, 0) is 55.3 Å². The number of para-hydroxylation sites is 1. The molecule has 8 nitrogen and oxygen atoms in total. The maximum Gasteiger partial charge on any atom is 0.438 e. The van der Waals surface area contributed by atoms with Gasteiger partial charge in [0.05, 0.1) is 5.69 Å². The predicted molar refractivity (Wildman–Crippen MR) is 124 cm³/mol. The molecule has 3 heterocycles. The Morgan fingerprint density at radius 3 is 2.44 bits per heavy atom. The average Bonchev–Trinajstić information content (AvgIpc) is 3.25. The largest absolute Gasteiger partial charge is 0.438 e. The van der Waals surface area contributed by atoms with E-state index in [2.05, 4.69) is 24.6 Å². The number of fused-ring (bicyclic) bond motifs is 1. The van der Waals surface area contributed by atoms with E-state index >= 15 is 0 Å². The molecule has 2 aromatic carbocycles. The van der Waals surface area contributed by atoms with Gasteiger partial charge in [-0.25, -0.2) is 27.9 Å². The monoisotopic (exact) mass is 493 g/mol. The molecule has 0 atom stereocenters. The van der Waals surface area contributed by atoms with E-state index in [9.17, 15) is 22.8 Å². The van der Waals surface area contributed by atoms with Crippen LogP contribution in [0.4, 0.5) is 13.2 Å². The van der Waals surface area contributed by atoms with Gasteiger partial charge in [-0.3, -0.25) is 18.9 Å². The summed E-state index contributed by atoms with van der Waals surface area (Å²) < 4.78 is 48.7. The van der Waals surface area contributed by atoms with Gasteiger partial charge < -0.3 is 0 Å². The summed E-state index contributed by atoms with van der Waals surface area (Å²) in [6.45, 7) is 1.71. The van der Waals surface area contributed by atoms with Crippen molar-refractivity contribution in [2.45, 2.75) is 26.2 Å². The highest BCUT2D eigenvalue weighted by atomic mass is 19.1. The van der Waals surface area contributed by atoms with Crippen LogP contribution < -0.4 is 11.3 Å². The summed E-state index contributed by atoms with van der Waals surface area (Å²) in [7, 11) is 0. The van der Waals surface area contributed by atoms with Crippen LogP contribution in [0.3, 0.4) is 0 Å². The van der Waals surface area contributed by atoms with Crippen molar-refractivity contribution < 1.29 is 17.7 Å². The van der Waals surface area contributed by atoms with Crippen molar-refractivity contribution in [3.63, 3.8) is 0 Å². The minimum atomic E-state index is -0.931. The summed E-state index contributed by atoms with van der Waals surface area (Å²) >= 11 is 0. The summed E-state index contributed by atoms with van der Waals surface area (Å²) in [5.41, 5.74) is 0.303. The van der Waals surface area contributed by atoms with Crippen LogP contribution in [-0.4, -0.2) is 24.7 Å². The van der Waals surface area contributed by atoms with E-state index in [0.717, 1.165) is 16.7 Å². The molecule has 1 N–H and O–H groups in total. The topological polar surface area (TPSA) is 107 Å². The lowest BCUT2D eigenvalue weighted by Crippen LogP contribution is -2.21. The lowest BCUT2D eigenvalue weighted by molar-refractivity contribution is 0.380. The van der Waals surface area contributed by atoms with Gasteiger partial charge in [0, 0.05) is 29.9 Å². The molecule has 0 fully saturated rings. The SMILES string of the molecule is Cc1cc(F)ccc1-c1nc(CCCc2noc(=O)[nH]2)nc2c1ccc(=O)n2-c1c(F)cccc1F. The number of aryl methyl sites for hydroxylation is 3. The van der Waals surface area contributed by atoms with E-state index in [4.69, 9.17) is 0 Å². The number of pyridine rings is 1. The Labute approximate surface area is 201 Å². The predicted octanol–water partition coefficient (Wildman–Crippen LogP) is 4.03. The van der Waals surface area contributed by atoms with Gasteiger partial charge in [-0.2, -0.15) is 0 Å². The summed E-state index contributed by atoms with van der Waals surface area (Å²) in [6, 6.07) is 10.1. The summed E-state index contributed by atoms with van der Waals surface area (Å²) in [5, 5.41) is 3.98. The minimum absolute atomic E-state index is 0.00469. The van der Waals surface area contributed by atoms with Crippen molar-refractivity contribution in [3.05, 3.63) is 104 Å². The average molecular weight is 493 g/mol. The van der Waals surface area contributed by atoms with Crippen LogP contribution in [0.2, 0.25) is 0 Å². The van der Waals surface area contributed by atoms with Gasteiger partial charge in [-0.1, -0.05) is 11.2 Å². The van der Waals surface area contributed by atoms with E-state index < -0.39 is 34.5 Å². The van der Waals surface area contributed by atoms with Crippen molar-refractivity contribution in [2.24, 2.45) is 0 Å². The maximum atomic E-state index is 14.7. The van der Waals surface area contributed by atoms with Crippen molar-refractivity contribution in [3.8, 4) is 16.9 Å². The number of H-pyrrole nitrogens is 1. The Kier molecular flexibility index (Phi) is 5.96. The standard InChI is InChI=1S/C25H18F3N5O3/c1-13-12-14(26)8-9-15(13)22-16-10-11-21(34)33(23-17(27)4-2-5-18(23)28)24(16)30-19(29-22)6-3-7-20-31-25(35)36-32-20/h2,4-5,8-12H,3,6-7H2,1H3,(H,31,32,35). The Hall–Kier alpha value is -4.54. The van der Waals surface area contributed by atoms with Gasteiger partial charge in [0.15, 0.2) is 11.5 Å². The first-order valence-corrected chi connectivity index (χ1v) is 11.0. The molecule has 0 saturated carbocycles. The van der Waals surface area contributed by atoms with E-state index in [1.807, 2.05) is 0 Å². The third-order valence-corrected chi connectivity index (χ3v) is 5.70. The highest BCUT2D eigenvalue weighted by Gasteiger charge is 2.20. The number of aromatic amines is 1. The van der Waals surface area contributed by atoms with Crippen LogP contribution in [0.25, 0.3) is 28.0 Å². The quantitative estimate of drug-likeness (QED) is 0.383. The Balaban J connectivity index is 1.72. The Morgan fingerprint density at radius 1 is 0.972 bits per heavy atom. The van der Waals surface area contributed by atoms with Crippen LogP contribution in [-0.2, 0) is 12.8 Å². The number of nitrogens with zero attached hydrogens (tertiary/aromatic N) is 4. The zero-order valence-electron chi connectivity index (χ0n) is 18.9. The molecule has 0 amide bonds. The fraction of sp³-hybridized carbons (Fsp3) is 0.160. The fourth-order valence-corrected chi connectivity index (χ4v) is 4.07. The molecule has 0 aliphatic carbocycles. The number of hydrogen-bond donors (Lipinski definition) is 1. The molecular weight excluding hydrogens is 475 g/mol. The van der Waals surface area contributed by atoms with Crippen LogP contribution in [0.5, 0.6) is 0 Å². The molecule has 0 radical (unpaired) electrons. The number of halogens is 3. The highest BCUT2D eigenvalue weighted by Crippen LogP contribution is 2.30. The first kappa shape index (κ1) is 23.2. The molecule has 0 saturated heterocycles. The lowest BCUT2D eigenvalue weighted by Gasteiger charge is -2.15. The third kappa shape index (κ3) is 4.30. The van der Waals surface area contributed by atoms with Crippen LogP contribution in [0.1, 0.15) is 23.6 Å². The van der Waals surface area contributed by atoms with Crippen molar-refractivity contribution in [1.82, 2.24) is 24.7 Å². The highest BCUT2D eigenvalue weighted by molar-refractivity contribution is 5.92. The molecule has 3 aromatic heterocycles. The van der Waals surface area contributed by atoms with Crippen molar-refractivity contribution >= 4 is 11.0 Å². The molecule has 0 aliphatic rings. The third-order valence-electron chi connectivity index (χ3n) is 5.70. The van der Waals surface area contributed by atoms with Gasteiger partial charge in [0.1, 0.15) is 29.0 Å². The molecule has 5 aromatic rings. The molecule has 182 valence electrons. The van der Waals surface area contributed by atoms with Crippen molar-refractivity contribution in [2.75, 3.05) is 0 Å². The molecule has 5 rings (SSSR count). The Morgan fingerprint density at radius 2 is 1.75 bits per heavy atom. The number of benzene rings is 2. The first-order valence-electron chi connectivity index (χ1n) is 11.0. The zero-order valence-corrected chi connectivity index (χ0v) is 18.9. The minimum Gasteiger partial charge on any atom is -0.296 e. The normalized spacial score (nSPS) is 11.3. The first-order chi connectivity index (χ1) is 17.3. The van der Waals surface area contributed by atoms with Crippen LogP contribution >= 0.6 is 0 Å². The molecule has 0 aliphatic heterocycles. The molecular formula is C25H18F3N5O3. The summed E-state index contributed by atoms with van der Waals surface area (Å²) in [5.74, 6) is -2.33. The smallest absolute Gasteiger partial charge is 0.296 e.